The maximum atomic E-state index is 13.1. The average molecular weight is 442 g/mol. The molecule has 1 aliphatic heterocycles. The van der Waals surface area contributed by atoms with Crippen molar-refractivity contribution in [2.75, 3.05) is 25.0 Å². The van der Waals surface area contributed by atoms with Gasteiger partial charge in [-0.15, -0.1) is 0 Å². The number of amides is 2. The number of carbonyl (C=O) groups excluding carboxylic acids is 3. The molecule has 0 spiro atoms. The van der Waals surface area contributed by atoms with Gasteiger partial charge in [0.05, 0.1) is 6.54 Å². The summed E-state index contributed by atoms with van der Waals surface area (Å²) in [6.07, 6.45) is 2.67. The SMILES string of the molecule is CC(=O)CNc1ccccc1C1CCN(C(=O)[C@@H](Cc2ccc(Cl)cc2)NC=O)CC1. The lowest BCUT2D eigenvalue weighted by atomic mass is 9.88. The Morgan fingerprint density at radius 1 is 1.13 bits per heavy atom. The molecule has 31 heavy (non-hydrogen) atoms. The molecule has 2 N–H and O–H groups in total. The van der Waals surface area contributed by atoms with Gasteiger partial charge in [0.15, 0.2) is 0 Å². The van der Waals surface area contributed by atoms with E-state index < -0.39 is 6.04 Å². The van der Waals surface area contributed by atoms with E-state index in [0.29, 0.717) is 43.4 Å². The number of para-hydroxylation sites is 1. The van der Waals surface area contributed by atoms with Gasteiger partial charge in [0.1, 0.15) is 11.8 Å². The molecule has 0 unspecified atom stereocenters. The summed E-state index contributed by atoms with van der Waals surface area (Å²) in [6.45, 7) is 3.12. The van der Waals surface area contributed by atoms with Gasteiger partial charge >= 0.3 is 0 Å². The van der Waals surface area contributed by atoms with Gasteiger partial charge in [-0.3, -0.25) is 14.4 Å². The number of nitrogens with zero attached hydrogens (tertiary/aromatic N) is 1. The topological polar surface area (TPSA) is 78.5 Å². The maximum Gasteiger partial charge on any atom is 0.245 e. The van der Waals surface area contributed by atoms with E-state index in [1.54, 1.807) is 19.1 Å². The molecular formula is C24H28ClN3O3. The molecule has 6 nitrogen and oxygen atoms in total. The minimum Gasteiger partial charge on any atom is -0.378 e. The molecule has 1 saturated heterocycles. The zero-order chi connectivity index (χ0) is 22.2. The summed E-state index contributed by atoms with van der Waals surface area (Å²) in [4.78, 5) is 37.3. The van der Waals surface area contributed by atoms with E-state index in [4.69, 9.17) is 11.6 Å². The summed E-state index contributed by atoms with van der Waals surface area (Å²) in [5.74, 6) is 0.335. The highest BCUT2D eigenvalue weighted by Gasteiger charge is 2.29. The maximum absolute atomic E-state index is 13.1. The van der Waals surface area contributed by atoms with E-state index >= 15 is 0 Å². The molecule has 1 atom stereocenters. The second kappa shape index (κ2) is 11.0. The summed E-state index contributed by atoms with van der Waals surface area (Å²) in [5, 5.41) is 6.53. The quantitative estimate of drug-likeness (QED) is 0.584. The van der Waals surface area contributed by atoms with Gasteiger partial charge in [0.25, 0.3) is 0 Å². The monoisotopic (exact) mass is 441 g/mol. The first-order chi connectivity index (χ1) is 15.0. The molecule has 2 aromatic rings. The van der Waals surface area contributed by atoms with Crippen LogP contribution in [-0.4, -0.2) is 48.7 Å². The number of nitrogens with one attached hydrogen (secondary N) is 2. The fourth-order valence-corrected chi connectivity index (χ4v) is 4.15. The number of likely N-dealkylation sites (tertiary alicyclic amines) is 1. The highest BCUT2D eigenvalue weighted by molar-refractivity contribution is 6.30. The predicted octanol–water partition coefficient (Wildman–Crippen LogP) is 3.40. The summed E-state index contributed by atoms with van der Waals surface area (Å²) >= 11 is 5.94. The summed E-state index contributed by atoms with van der Waals surface area (Å²) < 4.78 is 0. The van der Waals surface area contributed by atoms with Gasteiger partial charge in [-0.2, -0.15) is 0 Å². The second-order valence-electron chi connectivity index (χ2n) is 7.91. The van der Waals surface area contributed by atoms with Crippen LogP contribution in [0.3, 0.4) is 0 Å². The molecule has 0 bridgehead atoms. The first-order valence-corrected chi connectivity index (χ1v) is 10.9. The van der Waals surface area contributed by atoms with Gasteiger partial charge in [-0.25, -0.2) is 0 Å². The molecule has 2 aromatic carbocycles. The second-order valence-corrected chi connectivity index (χ2v) is 8.35. The van der Waals surface area contributed by atoms with Crippen molar-refractivity contribution in [2.24, 2.45) is 0 Å². The number of halogens is 1. The van der Waals surface area contributed by atoms with E-state index in [-0.39, 0.29) is 11.7 Å². The third kappa shape index (κ3) is 6.31. The van der Waals surface area contributed by atoms with Crippen molar-refractivity contribution < 1.29 is 14.4 Å². The molecular weight excluding hydrogens is 414 g/mol. The molecule has 0 aliphatic carbocycles. The van der Waals surface area contributed by atoms with Gasteiger partial charge in [0, 0.05) is 30.2 Å². The van der Waals surface area contributed by atoms with Crippen molar-refractivity contribution in [1.82, 2.24) is 10.2 Å². The summed E-state index contributed by atoms with van der Waals surface area (Å²) in [5.41, 5.74) is 3.10. The molecule has 1 heterocycles. The number of ketones is 1. The molecule has 0 saturated carbocycles. The lowest BCUT2D eigenvalue weighted by Crippen LogP contribution is -2.49. The van der Waals surface area contributed by atoms with E-state index in [9.17, 15) is 14.4 Å². The summed E-state index contributed by atoms with van der Waals surface area (Å²) in [6, 6.07) is 14.7. The third-order valence-electron chi connectivity index (χ3n) is 5.66. The number of anilines is 1. The minimum absolute atomic E-state index is 0.0662. The Labute approximate surface area is 188 Å². The normalized spacial score (nSPS) is 15.2. The predicted molar refractivity (Wildman–Crippen MR) is 122 cm³/mol. The highest BCUT2D eigenvalue weighted by Crippen LogP contribution is 2.33. The standard InChI is InChI=1S/C24H28ClN3O3/c1-17(30)15-26-22-5-3-2-4-21(22)19-10-12-28(13-11-19)24(31)23(27-16-29)14-18-6-8-20(25)9-7-18/h2-9,16,19,23,26H,10-15H2,1H3,(H,27,29)/t23-/m1/s1. The zero-order valence-electron chi connectivity index (χ0n) is 17.6. The van der Waals surface area contributed by atoms with Crippen LogP contribution >= 0.6 is 11.6 Å². The average Bonchev–Trinajstić information content (AvgIpc) is 2.78. The van der Waals surface area contributed by atoms with Crippen molar-refractivity contribution in [2.45, 2.75) is 38.1 Å². The van der Waals surface area contributed by atoms with E-state index in [0.717, 1.165) is 24.1 Å². The molecule has 1 aliphatic rings. The third-order valence-corrected chi connectivity index (χ3v) is 5.91. The van der Waals surface area contributed by atoms with Crippen LogP contribution in [0, 0.1) is 0 Å². The van der Waals surface area contributed by atoms with Gasteiger partial charge in [-0.1, -0.05) is 41.9 Å². The number of carbonyl (C=O) groups is 3. The fourth-order valence-electron chi connectivity index (χ4n) is 4.02. The Kier molecular flexibility index (Phi) is 8.06. The fraction of sp³-hybridized carbons (Fsp3) is 0.375. The van der Waals surface area contributed by atoms with Crippen molar-refractivity contribution in [3.63, 3.8) is 0 Å². The number of piperidine rings is 1. The van der Waals surface area contributed by atoms with Crippen LogP contribution in [-0.2, 0) is 20.8 Å². The molecule has 2 amide bonds. The highest BCUT2D eigenvalue weighted by atomic mass is 35.5. The van der Waals surface area contributed by atoms with Crippen LogP contribution < -0.4 is 10.6 Å². The van der Waals surface area contributed by atoms with Gasteiger partial charge < -0.3 is 15.5 Å². The van der Waals surface area contributed by atoms with Crippen LogP contribution in [0.15, 0.2) is 48.5 Å². The Bertz CT molecular complexity index is 909. The Morgan fingerprint density at radius 2 is 1.81 bits per heavy atom. The van der Waals surface area contributed by atoms with Crippen LogP contribution in [0.4, 0.5) is 5.69 Å². The van der Waals surface area contributed by atoms with Crippen molar-refractivity contribution >= 4 is 35.4 Å². The molecule has 0 radical (unpaired) electrons. The Balaban J connectivity index is 1.62. The van der Waals surface area contributed by atoms with Crippen LogP contribution in [0.2, 0.25) is 5.02 Å². The molecule has 164 valence electrons. The number of rotatable bonds is 9. The number of benzene rings is 2. The zero-order valence-corrected chi connectivity index (χ0v) is 18.4. The first-order valence-electron chi connectivity index (χ1n) is 10.5. The summed E-state index contributed by atoms with van der Waals surface area (Å²) in [7, 11) is 0. The Morgan fingerprint density at radius 3 is 2.45 bits per heavy atom. The lowest BCUT2D eigenvalue weighted by molar-refractivity contribution is -0.135. The Hall–Kier alpha value is -2.86. The largest absolute Gasteiger partial charge is 0.378 e. The van der Waals surface area contributed by atoms with Crippen molar-refractivity contribution in [3.8, 4) is 0 Å². The number of hydrogen-bond acceptors (Lipinski definition) is 4. The van der Waals surface area contributed by atoms with Crippen LogP contribution in [0.1, 0.15) is 36.8 Å². The number of Topliss-reactive ketones (excluding diaryl/α,β-unsaturated/α-hetero) is 1. The van der Waals surface area contributed by atoms with Crippen LogP contribution in [0.5, 0.6) is 0 Å². The number of hydrogen-bond donors (Lipinski definition) is 2. The molecule has 7 heteroatoms. The van der Waals surface area contributed by atoms with Crippen molar-refractivity contribution in [1.29, 1.82) is 0 Å². The first kappa shape index (κ1) is 22.8. The van der Waals surface area contributed by atoms with Gasteiger partial charge in [-0.05, 0) is 55.0 Å². The smallest absolute Gasteiger partial charge is 0.245 e. The molecule has 3 rings (SSSR count). The van der Waals surface area contributed by atoms with Crippen molar-refractivity contribution in [3.05, 3.63) is 64.7 Å². The van der Waals surface area contributed by atoms with E-state index in [2.05, 4.69) is 16.7 Å². The van der Waals surface area contributed by atoms with E-state index in [1.165, 1.54) is 5.56 Å². The lowest BCUT2D eigenvalue weighted by Gasteiger charge is -2.35. The minimum atomic E-state index is -0.597. The van der Waals surface area contributed by atoms with E-state index in [1.807, 2.05) is 35.2 Å². The molecule has 1 fully saturated rings. The van der Waals surface area contributed by atoms with Gasteiger partial charge in [0.2, 0.25) is 12.3 Å². The molecule has 0 aromatic heterocycles. The van der Waals surface area contributed by atoms with Crippen LogP contribution in [0.25, 0.3) is 0 Å².